The molecule has 0 aliphatic rings. The lowest BCUT2D eigenvalue weighted by atomic mass is 10.1. The molecular weight excluding hydrogens is 359 g/mol. The van der Waals surface area contributed by atoms with Gasteiger partial charge >= 0.3 is 5.97 Å². The first-order valence-corrected chi connectivity index (χ1v) is 8.64. The molecule has 134 valence electrons. The molecule has 0 spiro atoms. The van der Waals surface area contributed by atoms with Crippen LogP contribution in [0.25, 0.3) is 11.0 Å². The number of carbonyl (C=O) groups is 2. The van der Waals surface area contributed by atoms with Gasteiger partial charge in [-0.15, -0.1) is 0 Å². The van der Waals surface area contributed by atoms with Gasteiger partial charge in [0.05, 0.1) is 23.9 Å². The van der Waals surface area contributed by atoms with E-state index in [0.717, 1.165) is 11.0 Å². The van der Waals surface area contributed by atoms with Crippen LogP contribution in [0.5, 0.6) is 5.75 Å². The van der Waals surface area contributed by atoms with Gasteiger partial charge in [0.25, 0.3) is 0 Å². The van der Waals surface area contributed by atoms with Gasteiger partial charge in [0.1, 0.15) is 11.6 Å². The molecule has 1 N–H and O–H groups in total. The maximum Gasteiger partial charge on any atom is 0.316 e. The highest BCUT2D eigenvalue weighted by atomic mass is 32.2. The van der Waals surface area contributed by atoms with E-state index in [4.69, 9.17) is 9.47 Å². The van der Waals surface area contributed by atoms with E-state index in [9.17, 15) is 14.0 Å². The Bertz CT molecular complexity index is 940. The number of Topliss-reactive ketones (excluding diaryl/α,β-unsaturated/α-hetero) is 1. The third-order valence-electron chi connectivity index (χ3n) is 3.52. The predicted octanol–water partition coefficient (Wildman–Crippen LogP) is 3.23. The number of nitrogens with one attached hydrogen (secondary N) is 1. The molecule has 1 heterocycles. The van der Waals surface area contributed by atoms with Gasteiger partial charge in [0.15, 0.2) is 17.5 Å². The summed E-state index contributed by atoms with van der Waals surface area (Å²) in [5.41, 5.74) is 1.85. The molecule has 26 heavy (non-hydrogen) atoms. The summed E-state index contributed by atoms with van der Waals surface area (Å²) in [6, 6.07) is 10.5. The van der Waals surface area contributed by atoms with E-state index in [1.54, 1.807) is 13.2 Å². The second-order valence-electron chi connectivity index (χ2n) is 5.30. The molecular formula is C18H15FN2O4S. The van der Waals surface area contributed by atoms with Crippen LogP contribution in [0.3, 0.4) is 0 Å². The van der Waals surface area contributed by atoms with Gasteiger partial charge < -0.3 is 14.5 Å². The van der Waals surface area contributed by atoms with Crippen molar-refractivity contribution in [3.05, 3.63) is 53.8 Å². The Morgan fingerprint density at radius 3 is 2.69 bits per heavy atom. The first kappa shape index (κ1) is 17.9. The average Bonchev–Trinajstić information content (AvgIpc) is 3.07. The van der Waals surface area contributed by atoms with Crippen LogP contribution in [0, 0.1) is 5.82 Å². The molecule has 0 saturated heterocycles. The molecule has 0 unspecified atom stereocenters. The lowest BCUT2D eigenvalue weighted by Gasteiger charge is -2.03. The Morgan fingerprint density at radius 1 is 1.19 bits per heavy atom. The van der Waals surface area contributed by atoms with E-state index < -0.39 is 11.8 Å². The van der Waals surface area contributed by atoms with Crippen LogP contribution in [-0.2, 0) is 9.53 Å². The third-order valence-corrected chi connectivity index (χ3v) is 4.37. The number of rotatable bonds is 7. The van der Waals surface area contributed by atoms with Gasteiger partial charge in [-0.1, -0.05) is 11.8 Å². The molecule has 1 aromatic heterocycles. The number of benzene rings is 2. The van der Waals surface area contributed by atoms with E-state index >= 15 is 0 Å². The zero-order valence-electron chi connectivity index (χ0n) is 13.8. The number of aromatic nitrogens is 2. The predicted molar refractivity (Wildman–Crippen MR) is 95.1 cm³/mol. The lowest BCUT2D eigenvalue weighted by molar-refractivity contribution is -0.139. The minimum atomic E-state index is -0.538. The van der Waals surface area contributed by atoms with E-state index in [1.165, 1.54) is 36.0 Å². The number of carbonyl (C=O) groups excluding carboxylic acids is 2. The summed E-state index contributed by atoms with van der Waals surface area (Å²) in [6.45, 7) is -0.387. The van der Waals surface area contributed by atoms with Crippen molar-refractivity contribution in [2.24, 2.45) is 0 Å². The number of ketones is 1. The number of hydrogen-bond donors (Lipinski definition) is 1. The quantitative estimate of drug-likeness (QED) is 0.388. The highest BCUT2D eigenvalue weighted by molar-refractivity contribution is 7.99. The summed E-state index contributed by atoms with van der Waals surface area (Å²) in [5, 5.41) is 0.565. The molecule has 2 aromatic carbocycles. The number of imidazole rings is 1. The molecule has 0 fully saturated rings. The van der Waals surface area contributed by atoms with Gasteiger partial charge in [-0.25, -0.2) is 9.37 Å². The first-order chi connectivity index (χ1) is 12.5. The summed E-state index contributed by atoms with van der Waals surface area (Å²) in [7, 11) is 1.58. The molecule has 3 rings (SSSR count). The smallest absolute Gasteiger partial charge is 0.316 e. The monoisotopic (exact) mass is 374 g/mol. The molecule has 6 nitrogen and oxygen atoms in total. The number of thioether (sulfide) groups is 1. The van der Waals surface area contributed by atoms with Gasteiger partial charge in [-0.05, 0) is 36.4 Å². The number of methoxy groups -OCH3 is 1. The molecule has 0 aliphatic carbocycles. The van der Waals surface area contributed by atoms with Crippen LogP contribution in [0.1, 0.15) is 10.4 Å². The zero-order chi connectivity index (χ0) is 18.5. The summed E-state index contributed by atoms with van der Waals surface area (Å²) in [5.74, 6) is -0.648. The zero-order valence-corrected chi connectivity index (χ0v) is 14.6. The van der Waals surface area contributed by atoms with Gasteiger partial charge in [0, 0.05) is 11.6 Å². The van der Waals surface area contributed by atoms with E-state index in [2.05, 4.69) is 9.97 Å². The second-order valence-corrected chi connectivity index (χ2v) is 6.27. The summed E-state index contributed by atoms with van der Waals surface area (Å²) < 4.78 is 22.9. The molecule has 3 aromatic rings. The average molecular weight is 374 g/mol. The number of nitrogens with zero attached hydrogens (tertiary/aromatic N) is 1. The van der Waals surface area contributed by atoms with Crippen LogP contribution >= 0.6 is 11.8 Å². The van der Waals surface area contributed by atoms with Crippen LogP contribution in [-0.4, -0.2) is 41.2 Å². The van der Waals surface area contributed by atoms with Crippen molar-refractivity contribution in [1.29, 1.82) is 0 Å². The number of esters is 1. The first-order valence-electron chi connectivity index (χ1n) is 7.66. The highest BCUT2D eigenvalue weighted by Crippen LogP contribution is 2.23. The highest BCUT2D eigenvalue weighted by Gasteiger charge is 2.12. The minimum absolute atomic E-state index is 0.00759. The largest absolute Gasteiger partial charge is 0.497 e. The minimum Gasteiger partial charge on any atom is -0.497 e. The Kier molecular flexibility index (Phi) is 5.52. The van der Waals surface area contributed by atoms with Crippen LogP contribution in [0.4, 0.5) is 4.39 Å². The Labute approximate surface area is 152 Å². The fourth-order valence-corrected chi connectivity index (χ4v) is 2.88. The number of hydrogen-bond acceptors (Lipinski definition) is 6. The van der Waals surface area contributed by atoms with Crippen molar-refractivity contribution in [3.63, 3.8) is 0 Å². The summed E-state index contributed by atoms with van der Waals surface area (Å²) in [6.07, 6.45) is 0. The molecule has 0 radical (unpaired) electrons. The summed E-state index contributed by atoms with van der Waals surface area (Å²) in [4.78, 5) is 31.1. The number of ether oxygens (including phenoxy) is 2. The SMILES string of the molecule is COc1ccc2nc(SCC(=O)OCC(=O)c3ccc(F)cc3)[nH]c2c1. The maximum absolute atomic E-state index is 12.8. The van der Waals surface area contributed by atoms with Crippen LogP contribution in [0.2, 0.25) is 0 Å². The molecule has 0 bridgehead atoms. The van der Waals surface area contributed by atoms with E-state index in [0.29, 0.717) is 10.9 Å². The van der Waals surface area contributed by atoms with Gasteiger partial charge in [-0.3, -0.25) is 9.59 Å². The van der Waals surface area contributed by atoms with Crippen molar-refractivity contribution in [1.82, 2.24) is 9.97 Å². The summed E-state index contributed by atoms with van der Waals surface area (Å²) >= 11 is 1.17. The standard InChI is InChI=1S/C18H15FN2O4S/c1-24-13-6-7-14-15(8-13)21-18(20-14)26-10-17(23)25-9-16(22)11-2-4-12(19)5-3-11/h2-8H,9-10H2,1H3,(H,20,21). The van der Waals surface area contributed by atoms with Crippen molar-refractivity contribution in [3.8, 4) is 5.75 Å². The lowest BCUT2D eigenvalue weighted by Crippen LogP contribution is -2.15. The third kappa shape index (κ3) is 4.40. The van der Waals surface area contributed by atoms with Crippen molar-refractivity contribution in [2.75, 3.05) is 19.5 Å². The fourth-order valence-electron chi connectivity index (χ4n) is 2.19. The Morgan fingerprint density at radius 2 is 1.96 bits per heavy atom. The van der Waals surface area contributed by atoms with Crippen molar-refractivity contribution in [2.45, 2.75) is 5.16 Å². The second kappa shape index (κ2) is 8.01. The van der Waals surface area contributed by atoms with E-state index in [1.807, 2.05) is 12.1 Å². The van der Waals surface area contributed by atoms with Gasteiger partial charge in [-0.2, -0.15) is 0 Å². The maximum atomic E-state index is 12.8. The van der Waals surface area contributed by atoms with E-state index in [-0.39, 0.29) is 23.7 Å². The fraction of sp³-hybridized carbons (Fsp3) is 0.167. The molecule has 0 saturated carbocycles. The molecule has 0 atom stereocenters. The van der Waals surface area contributed by atoms with Crippen molar-refractivity contribution >= 4 is 34.5 Å². The van der Waals surface area contributed by atoms with Gasteiger partial charge in [0.2, 0.25) is 0 Å². The number of halogens is 1. The molecule has 0 aliphatic heterocycles. The van der Waals surface area contributed by atoms with Crippen LogP contribution in [0.15, 0.2) is 47.6 Å². The topological polar surface area (TPSA) is 81.3 Å². The Balaban J connectivity index is 1.50. The Hall–Kier alpha value is -2.87. The molecule has 0 amide bonds. The van der Waals surface area contributed by atoms with Crippen molar-refractivity contribution < 1.29 is 23.5 Å². The normalized spacial score (nSPS) is 10.7. The number of fused-ring (bicyclic) bond motifs is 1. The van der Waals surface area contributed by atoms with Crippen LogP contribution < -0.4 is 4.74 Å². The number of aromatic amines is 1. The number of H-pyrrole nitrogens is 1. The molecule has 8 heteroatoms.